The third-order valence-electron chi connectivity index (χ3n) is 2.12. The fourth-order valence-corrected chi connectivity index (χ4v) is 1.45. The van der Waals surface area contributed by atoms with E-state index < -0.39 is 12.9 Å². The van der Waals surface area contributed by atoms with E-state index in [4.69, 9.17) is 4.11 Å². The van der Waals surface area contributed by atoms with Crippen LogP contribution in [0.5, 0.6) is 0 Å². The summed E-state index contributed by atoms with van der Waals surface area (Å²) in [6, 6.07) is 6.84. The van der Waals surface area contributed by atoms with Gasteiger partial charge in [-0.3, -0.25) is 0 Å². The van der Waals surface area contributed by atoms with Crippen molar-refractivity contribution in [1.82, 2.24) is 4.57 Å². The van der Waals surface area contributed by atoms with Crippen molar-refractivity contribution < 1.29 is 13.6 Å². The van der Waals surface area contributed by atoms with E-state index >= 15 is 0 Å². The highest BCUT2D eigenvalue weighted by molar-refractivity contribution is 6.04. The van der Waals surface area contributed by atoms with Crippen LogP contribution in [-0.4, -0.2) is 17.6 Å². The molecule has 2 rings (SSSR count). The molecule has 0 aliphatic heterocycles. The number of ether oxygens (including phenoxy) is 1. The average Bonchev–Trinajstić information content (AvgIpc) is 2.67. The van der Waals surface area contributed by atoms with Crippen LogP contribution in [0, 0.1) is 0 Å². The Morgan fingerprint density at radius 2 is 2.29 bits per heavy atom. The minimum Gasteiger partial charge on any atom is -0.465 e. The smallest absolute Gasteiger partial charge is 0.340 e. The van der Waals surface area contributed by atoms with Crippen molar-refractivity contribution >= 4 is 16.9 Å². The van der Waals surface area contributed by atoms with E-state index in [1.165, 1.54) is 13.3 Å². The summed E-state index contributed by atoms with van der Waals surface area (Å²) in [5.74, 6) is -0.538. The maximum atomic E-state index is 11.5. The summed E-state index contributed by atoms with van der Waals surface area (Å²) in [5, 5.41) is 0.579. The Labute approximate surface area is 86.1 Å². The van der Waals surface area contributed by atoms with Crippen molar-refractivity contribution in [1.29, 1.82) is 0 Å². The third-order valence-corrected chi connectivity index (χ3v) is 2.12. The molecule has 3 heteroatoms. The molecule has 14 heavy (non-hydrogen) atoms. The molecular formula is C11H11NO2. The normalized spacial score (nSPS) is 14.5. The monoisotopic (exact) mass is 192 g/mol. The Hall–Kier alpha value is -1.77. The fourth-order valence-electron chi connectivity index (χ4n) is 1.45. The molecule has 1 aromatic heterocycles. The summed E-state index contributed by atoms with van der Waals surface area (Å²) in [5.41, 5.74) is 0.757. The second-order valence-corrected chi connectivity index (χ2v) is 2.92. The van der Waals surface area contributed by atoms with Gasteiger partial charge >= 0.3 is 5.97 Å². The highest BCUT2D eigenvalue weighted by atomic mass is 16.5. The summed E-state index contributed by atoms with van der Waals surface area (Å²) in [6.07, 6.45) is 1.31. The molecule has 72 valence electrons. The first-order valence-corrected chi connectivity index (χ1v) is 4.14. The van der Waals surface area contributed by atoms with Gasteiger partial charge in [0.25, 0.3) is 0 Å². The number of esters is 1. The van der Waals surface area contributed by atoms with Gasteiger partial charge in [-0.1, -0.05) is 18.2 Å². The third kappa shape index (κ3) is 1.18. The number of carbonyl (C=O) groups excluding carboxylic acids is 1. The summed E-state index contributed by atoms with van der Waals surface area (Å²) >= 11 is 0. The summed E-state index contributed by atoms with van der Waals surface area (Å²) in [7, 11) is 1.27. The Balaban J connectivity index is 2.76. The molecule has 0 N–H and O–H groups in total. The fraction of sp³-hybridized carbons (Fsp3) is 0.182. The Kier molecular flexibility index (Phi) is 1.33. The number of aryl methyl sites for hydroxylation is 1. The van der Waals surface area contributed by atoms with Gasteiger partial charge in [0, 0.05) is 28.2 Å². The molecule has 0 unspecified atom stereocenters. The second kappa shape index (κ2) is 3.18. The van der Waals surface area contributed by atoms with E-state index in [1.54, 1.807) is 24.3 Å². The minimum absolute atomic E-state index is 0.263. The number of aromatic nitrogens is 1. The van der Waals surface area contributed by atoms with Gasteiger partial charge in [-0.15, -0.1) is 0 Å². The number of hydrogen-bond acceptors (Lipinski definition) is 2. The molecule has 3 nitrogen and oxygen atoms in total. The van der Waals surface area contributed by atoms with Gasteiger partial charge in [-0.25, -0.2) is 4.79 Å². The van der Waals surface area contributed by atoms with Gasteiger partial charge < -0.3 is 9.30 Å². The molecule has 0 bridgehead atoms. The van der Waals surface area contributed by atoms with Gasteiger partial charge in [0.2, 0.25) is 0 Å². The number of rotatable bonds is 1. The molecule has 0 amide bonds. The zero-order chi connectivity index (χ0) is 12.6. The van der Waals surface area contributed by atoms with Gasteiger partial charge in [-0.2, -0.15) is 0 Å². The molecule has 1 aromatic carbocycles. The quantitative estimate of drug-likeness (QED) is 0.647. The molecule has 0 spiro atoms. The highest BCUT2D eigenvalue weighted by Gasteiger charge is 2.12. The standard InChI is InChI=1S/C11H11NO2/c1-12-7-9(11(13)14-2)8-5-3-4-6-10(8)12/h3-7H,1-2H3/i1D3. The summed E-state index contributed by atoms with van der Waals surface area (Å²) in [4.78, 5) is 11.5. The predicted molar refractivity (Wildman–Crippen MR) is 54.3 cm³/mol. The second-order valence-electron chi connectivity index (χ2n) is 2.92. The molecule has 0 saturated carbocycles. The first-order valence-electron chi connectivity index (χ1n) is 5.64. The van der Waals surface area contributed by atoms with E-state index in [0.717, 1.165) is 4.57 Å². The van der Waals surface area contributed by atoms with Crippen LogP contribution in [0.15, 0.2) is 30.5 Å². The van der Waals surface area contributed by atoms with Crippen LogP contribution in [0.4, 0.5) is 0 Å². The number of carbonyl (C=O) groups is 1. The van der Waals surface area contributed by atoms with Crippen molar-refractivity contribution in [2.45, 2.75) is 0 Å². The molecular weight excluding hydrogens is 178 g/mol. The minimum atomic E-state index is -2.31. The van der Waals surface area contributed by atoms with Crippen LogP contribution in [0.25, 0.3) is 10.9 Å². The number of para-hydroxylation sites is 1. The zero-order valence-electron chi connectivity index (χ0n) is 10.7. The van der Waals surface area contributed by atoms with Crippen LogP contribution in [0.1, 0.15) is 14.5 Å². The molecule has 1 heterocycles. The van der Waals surface area contributed by atoms with E-state index in [0.29, 0.717) is 10.9 Å². The lowest BCUT2D eigenvalue weighted by molar-refractivity contribution is 0.0603. The van der Waals surface area contributed by atoms with Crippen molar-refractivity contribution in [3.63, 3.8) is 0 Å². The van der Waals surface area contributed by atoms with Crippen molar-refractivity contribution in [3.05, 3.63) is 36.0 Å². The number of benzene rings is 1. The molecule has 0 fully saturated rings. The van der Waals surface area contributed by atoms with Crippen LogP contribution in [0.2, 0.25) is 0 Å². The van der Waals surface area contributed by atoms with Crippen LogP contribution >= 0.6 is 0 Å². The lowest BCUT2D eigenvalue weighted by Gasteiger charge is -1.95. The van der Waals surface area contributed by atoms with Crippen molar-refractivity contribution in [3.8, 4) is 0 Å². The Morgan fingerprint density at radius 3 is 3.00 bits per heavy atom. The molecule has 0 aliphatic carbocycles. The first kappa shape index (κ1) is 5.86. The van der Waals surface area contributed by atoms with Crippen molar-refractivity contribution in [2.24, 2.45) is 6.98 Å². The molecule has 0 aliphatic rings. The van der Waals surface area contributed by atoms with Crippen LogP contribution < -0.4 is 0 Å². The Morgan fingerprint density at radius 1 is 1.50 bits per heavy atom. The topological polar surface area (TPSA) is 31.2 Å². The van der Waals surface area contributed by atoms with E-state index in [1.807, 2.05) is 0 Å². The van der Waals surface area contributed by atoms with Gasteiger partial charge in [0.1, 0.15) is 0 Å². The highest BCUT2D eigenvalue weighted by Crippen LogP contribution is 2.20. The largest absolute Gasteiger partial charge is 0.465 e. The van der Waals surface area contributed by atoms with Crippen LogP contribution in [0.3, 0.4) is 0 Å². The predicted octanol–water partition coefficient (Wildman–Crippen LogP) is 1.96. The van der Waals surface area contributed by atoms with E-state index in [9.17, 15) is 4.79 Å². The number of fused-ring (bicyclic) bond motifs is 1. The lowest BCUT2D eigenvalue weighted by atomic mass is 10.2. The van der Waals surface area contributed by atoms with E-state index in [2.05, 4.69) is 4.74 Å². The zero-order valence-corrected chi connectivity index (χ0v) is 7.65. The number of nitrogens with zero attached hydrogens (tertiary/aromatic N) is 1. The SMILES string of the molecule is [2H]C([2H])([2H])n1cc(C(=O)OC)c2ccccc21. The number of methoxy groups -OCH3 is 1. The van der Waals surface area contributed by atoms with Gasteiger partial charge in [0.05, 0.1) is 12.7 Å². The van der Waals surface area contributed by atoms with Gasteiger partial charge in [0.15, 0.2) is 0 Å². The summed E-state index contributed by atoms with van der Waals surface area (Å²) < 4.78 is 28.0. The average molecular weight is 192 g/mol. The molecule has 0 radical (unpaired) electrons. The van der Waals surface area contributed by atoms with Gasteiger partial charge in [-0.05, 0) is 6.07 Å². The summed E-state index contributed by atoms with van der Waals surface area (Å²) in [6.45, 7) is -2.31. The maximum absolute atomic E-state index is 11.5. The maximum Gasteiger partial charge on any atom is 0.340 e. The van der Waals surface area contributed by atoms with E-state index in [-0.39, 0.29) is 5.56 Å². The Bertz CT molecular complexity index is 572. The lowest BCUT2D eigenvalue weighted by Crippen LogP contribution is -1.99. The molecule has 0 saturated heterocycles. The number of hydrogen-bond donors (Lipinski definition) is 0. The van der Waals surface area contributed by atoms with Crippen molar-refractivity contribution in [2.75, 3.05) is 7.11 Å². The first-order chi connectivity index (χ1) is 7.95. The molecule has 2 aromatic rings. The van der Waals surface area contributed by atoms with Crippen LogP contribution in [-0.2, 0) is 11.7 Å². The molecule has 0 atom stereocenters.